The van der Waals surface area contributed by atoms with E-state index in [4.69, 9.17) is 23.2 Å². The molecule has 0 amide bonds. The predicted molar refractivity (Wildman–Crippen MR) is 137 cm³/mol. The molecule has 0 unspecified atom stereocenters. The molecule has 0 saturated heterocycles. The lowest BCUT2D eigenvalue weighted by molar-refractivity contribution is 0.699. The molecule has 0 nitrogen and oxygen atoms in total. The SMILES string of the molecule is CC(C)(C)P(Cc1cc(Cl)c(Cl)cc1CP(C(C)(C)C)C(C)(C)C)C(C)(C)C. The van der Waals surface area contributed by atoms with E-state index in [-0.39, 0.29) is 36.5 Å². The average Bonchev–Trinajstić information content (AvgIpc) is 2.41. The number of rotatable bonds is 4. The molecule has 1 aromatic carbocycles. The van der Waals surface area contributed by atoms with Gasteiger partial charge in [0.25, 0.3) is 0 Å². The van der Waals surface area contributed by atoms with Crippen molar-refractivity contribution in [3.63, 3.8) is 0 Å². The van der Waals surface area contributed by atoms with Gasteiger partial charge in [0.1, 0.15) is 0 Å². The number of halogens is 2. The lowest BCUT2D eigenvalue weighted by Crippen LogP contribution is -2.27. The summed E-state index contributed by atoms with van der Waals surface area (Å²) in [6.07, 6.45) is 2.21. The molecule has 28 heavy (non-hydrogen) atoms. The standard InChI is InChI=1S/C24H42Cl2P2/c1-21(2,3)27(22(4,5)6)15-17-13-19(25)20(26)14-18(17)16-28(23(7,8)9)24(10,11)12/h13-14H,15-16H2,1-12H3. The van der Waals surface area contributed by atoms with Crippen LogP contribution in [0.3, 0.4) is 0 Å². The van der Waals surface area contributed by atoms with E-state index in [1.165, 1.54) is 11.1 Å². The van der Waals surface area contributed by atoms with Crippen LogP contribution in [0.2, 0.25) is 10.0 Å². The third-order valence-corrected chi connectivity index (χ3v) is 13.7. The highest BCUT2D eigenvalue weighted by molar-refractivity contribution is 7.60. The van der Waals surface area contributed by atoms with Crippen LogP contribution in [0.15, 0.2) is 12.1 Å². The Labute approximate surface area is 188 Å². The van der Waals surface area contributed by atoms with Gasteiger partial charge in [0.15, 0.2) is 0 Å². The van der Waals surface area contributed by atoms with Gasteiger partial charge < -0.3 is 0 Å². The van der Waals surface area contributed by atoms with Crippen molar-refractivity contribution in [1.29, 1.82) is 0 Å². The predicted octanol–water partition coefficient (Wildman–Crippen LogP) is 10.2. The maximum Gasteiger partial charge on any atom is 0.0595 e. The summed E-state index contributed by atoms with van der Waals surface area (Å²) in [4.78, 5) is 0. The molecule has 0 spiro atoms. The van der Waals surface area contributed by atoms with Gasteiger partial charge in [0.2, 0.25) is 0 Å². The zero-order valence-corrected chi connectivity index (χ0v) is 23.5. The fourth-order valence-corrected chi connectivity index (χ4v) is 11.8. The Balaban J connectivity index is 3.48. The van der Waals surface area contributed by atoms with Gasteiger partial charge in [-0.15, -0.1) is 0 Å². The second kappa shape index (κ2) is 9.03. The number of hydrogen-bond donors (Lipinski definition) is 0. The van der Waals surface area contributed by atoms with Gasteiger partial charge in [-0.3, -0.25) is 0 Å². The van der Waals surface area contributed by atoms with Crippen LogP contribution in [0.1, 0.15) is 94.2 Å². The van der Waals surface area contributed by atoms with Gasteiger partial charge >= 0.3 is 0 Å². The first-order chi connectivity index (χ1) is 12.2. The molecule has 4 heteroatoms. The van der Waals surface area contributed by atoms with Gasteiger partial charge in [-0.25, -0.2) is 0 Å². The monoisotopic (exact) mass is 462 g/mol. The molecule has 0 heterocycles. The molecular weight excluding hydrogens is 421 g/mol. The highest BCUT2D eigenvalue weighted by atomic mass is 35.5. The van der Waals surface area contributed by atoms with Gasteiger partial charge in [-0.2, -0.15) is 0 Å². The summed E-state index contributed by atoms with van der Waals surface area (Å²) in [5, 5.41) is 2.53. The summed E-state index contributed by atoms with van der Waals surface area (Å²) in [5.41, 5.74) is 2.82. The first-order valence-corrected chi connectivity index (χ1v) is 14.1. The van der Waals surface area contributed by atoms with Crippen LogP contribution in [0.5, 0.6) is 0 Å². The molecule has 1 aromatic rings. The quantitative estimate of drug-likeness (QED) is 0.390. The van der Waals surface area contributed by atoms with Crippen molar-refractivity contribution in [3.05, 3.63) is 33.3 Å². The normalized spacial score (nSPS) is 14.3. The van der Waals surface area contributed by atoms with Crippen molar-refractivity contribution in [1.82, 2.24) is 0 Å². The van der Waals surface area contributed by atoms with Crippen LogP contribution in [0.25, 0.3) is 0 Å². The molecule has 0 saturated carbocycles. The van der Waals surface area contributed by atoms with Crippen LogP contribution in [0.4, 0.5) is 0 Å². The molecule has 0 aliphatic rings. The van der Waals surface area contributed by atoms with Crippen molar-refractivity contribution in [2.75, 3.05) is 0 Å². The molecule has 0 radical (unpaired) electrons. The van der Waals surface area contributed by atoms with E-state index < -0.39 is 0 Å². The molecule has 1 rings (SSSR count). The van der Waals surface area contributed by atoms with E-state index in [1.54, 1.807) is 0 Å². The highest BCUT2D eigenvalue weighted by Crippen LogP contribution is 2.64. The summed E-state index contributed by atoms with van der Waals surface area (Å²) >= 11 is 13.0. The third kappa shape index (κ3) is 7.41. The van der Waals surface area contributed by atoms with Crippen LogP contribution < -0.4 is 0 Å². The Bertz CT molecular complexity index is 581. The molecular formula is C24H42Cl2P2. The Morgan fingerprint density at radius 2 is 0.750 bits per heavy atom. The van der Waals surface area contributed by atoms with Gasteiger partial charge in [0.05, 0.1) is 10.0 Å². The summed E-state index contributed by atoms with van der Waals surface area (Å²) in [6, 6.07) is 4.32. The number of benzene rings is 1. The van der Waals surface area contributed by atoms with E-state index >= 15 is 0 Å². The molecule has 0 aliphatic heterocycles. The van der Waals surface area contributed by atoms with Crippen molar-refractivity contribution in [2.24, 2.45) is 0 Å². The minimum absolute atomic E-state index is 0.233. The van der Waals surface area contributed by atoms with Crippen molar-refractivity contribution >= 4 is 39.0 Å². The highest BCUT2D eigenvalue weighted by Gasteiger charge is 2.37. The fraction of sp³-hybridized carbons (Fsp3) is 0.750. The Morgan fingerprint density at radius 1 is 0.536 bits per heavy atom. The lowest BCUT2D eigenvalue weighted by atomic mass is 10.1. The third-order valence-electron chi connectivity index (χ3n) is 5.14. The van der Waals surface area contributed by atoms with Crippen molar-refractivity contribution in [3.8, 4) is 0 Å². The maximum atomic E-state index is 6.49. The summed E-state index contributed by atoms with van der Waals surface area (Å²) < 4.78 is 0. The van der Waals surface area contributed by atoms with E-state index in [0.29, 0.717) is 10.0 Å². The van der Waals surface area contributed by atoms with Crippen molar-refractivity contribution in [2.45, 2.75) is 116 Å². The lowest BCUT2D eigenvalue weighted by Gasteiger charge is -2.44. The summed E-state index contributed by atoms with van der Waals surface area (Å²) in [6.45, 7) is 28.6. The van der Waals surface area contributed by atoms with E-state index in [0.717, 1.165) is 12.3 Å². The van der Waals surface area contributed by atoms with Crippen molar-refractivity contribution < 1.29 is 0 Å². The first kappa shape index (κ1) is 26.7. The van der Waals surface area contributed by atoms with Crippen LogP contribution >= 0.6 is 39.0 Å². The molecule has 0 atom stereocenters. The van der Waals surface area contributed by atoms with Gasteiger partial charge in [-0.1, -0.05) is 122 Å². The molecule has 0 N–H and O–H groups in total. The average molecular weight is 463 g/mol. The second-order valence-electron chi connectivity index (χ2n) is 11.9. The maximum absolute atomic E-state index is 6.49. The van der Waals surface area contributed by atoms with Gasteiger partial charge in [-0.05, 0) is 56.2 Å². The zero-order valence-electron chi connectivity index (χ0n) is 20.2. The molecule has 0 aliphatic carbocycles. The van der Waals surface area contributed by atoms with Crippen LogP contribution in [0, 0.1) is 0 Å². The Kier molecular flexibility index (Phi) is 8.61. The number of hydrogen-bond acceptors (Lipinski definition) is 0. The Hall–Kier alpha value is 0.660. The van der Waals surface area contributed by atoms with E-state index in [1.807, 2.05) is 0 Å². The van der Waals surface area contributed by atoms with Crippen LogP contribution in [-0.4, -0.2) is 20.6 Å². The topological polar surface area (TPSA) is 0 Å². The largest absolute Gasteiger partial charge is 0.0911 e. The minimum atomic E-state index is -0.233. The Morgan fingerprint density at radius 3 is 0.929 bits per heavy atom. The van der Waals surface area contributed by atoms with Gasteiger partial charge in [0, 0.05) is 0 Å². The summed E-state index contributed by atoms with van der Waals surface area (Å²) in [7, 11) is -0.466. The molecule has 0 bridgehead atoms. The smallest absolute Gasteiger partial charge is 0.0595 e. The van der Waals surface area contributed by atoms with Crippen LogP contribution in [-0.2, 0) is 12.3 Å². The first-order valence-electron chi connectivity index (χ1n) is 10.3. The van der Waals surface area contributed by atoms with E-state index in [2.05, 4.69) is 95.2 Å². The van der Waals surface area contributed by atoms with E-state index in [9.17, 15) is 0 Å². The fourth-order valence-electron chi connectivity index (χ4n) is 4.23. The zero-order chi connectivity index (χ0) is 22.3. The summed E-state index contributed by atoms with van der Waals surface area (Å²) in [5.74, 6) is 0. The molecule has 162 valence electrons. The second-order valence-corrected chi connectivity index (χ2v) is 20.4. The molecule has 0 aromatic heterocycles. The molecule has 0 fully saturated rings. The minimum Gasteiger partial charge on any atom is -0.0911 e.